The van der Waals surface area contributed by atoms with Gasteiger partial charge in [0.15, 0.2) is 0 Å². The minimum atomic E-state index is -0.499. The van der Waals surface area contributed by atoms with Crippen LogP contribution in [0.5, 0.6) is 0 Å². The number of carbonyl (C=O) groups is 2. The number of anilines is 2. The highest BCUT2D eigenvalue weighted by molar-refractivity contribution is 5.97. The maximum Gasteiger partial charge on any atom is 0.251 e. The van der Waals surface area contributed by atoms with Crippen molar-refractivity contribution in [3.63, 3.8) is 0 Å². The molecular weight excluding hydrogens is 304 g/mol. The molecule has 0 aliphatic carbocycles. The van der Waals surface area contributed by atoms with Gasteiger partial charge in [-0.15, -0.1) is 0 Å². The molecule has 0 aliphatic rings. The van der Waals surface area contributed by atoms with E-state index in [4.69, 9.17) is 5.26 Å². The Kier molecular flexibility index (Phi) is 5.53. The van der Waals surface area contributed by atoms with E-state index in [0.717, 1.165) is 0 Å². The van der Waals surface area contributed by atoms with E-state index in [1.165, 1.54) is 0 Å². The number of benzene rings is 2. The van der Waals surface area contributed by atoms with Gasteiger partial charge in [-0.3, -0.25) is 9.59 Å². The topological polar surface area (TPSA) is 94.0 Å². The summed E-state index contributed by atoms with van der Waals surface area (Å²) in [5.41, 5.74) is 2.35. The van der Waals surface area contributed by atoms with Crippen LogP contribution in [0.2, 0.25) is 0 Å². The first kappa shape index (κ1) is 17.0. The Labute approximate surface area is 140 Å². The molecule has 2 aromatic rings. The smallest absolute Gasteiger partial charge is 0.251 e. The summed E-state index contributed by atoms with van der Waals surface area (Å²) < 4.78 is 0. The fourth-order valence-electron chi connectivity index (χ4n) is 2.09. The molecule has 3 N–H and O–H groups in total. The van der Waals surface area contributed by atoms with E-state index in [0.29, 0.717) is 22.5 Å². The molecule has 2 amide bonds. The lowest BCUT2D eigenvalue weighted by atomic mass is 10.1. The fourth-order valence-corrected chi connectivity index (χ4v) is 2.09. The Morgan fingerprint density at radius 2 is 1.79 bits per heavy atom. The molecule has 0 aromatic heterocycles. The largest absolute Gasteiger partial charge is 0.374 e. The number of amides is 2. The van der Waals surface area contributed by atoms with Gasteiger partial charge in [-0.2, -0.15) is 5.26 Å². The molecule has 0 bridgehead atoms. The number of nitriles is 1. The third-order valence-corrected chi connectivity index (χ3v) is 3.41. The molecule has 6 nitrogen and oxygen atoms in total. The van der Waals surface area contributed by atoms with Crippen molar-refractivity contribution in [3.8, 4) is 6.07 Å². The van der Waals surface area contributed by atoms with Crippen LogP contribution >= 0.6 is 0 Å². The maximum atomic E-state index is 12.2. The van der Waals surface area contributed by atoms with E-state index < -0.39 is 6.04 Å². The molecule has 0 fully saturated rings. The van der Waals surface area contributed by atoms with Crippen LogP contribution in [-0.2, 0) is 4.79 Å². The van der Waals surface area contributed by atoms with Gasteiger partial charge in [0.25, 0.3) is 5.91 Å². The Morgan fingerprint density at radius 1 is 1.08 bits per heavy atom. The van der Waals surface area contributed by atoms with Gasteiger partial charge in [0.1, 0.15) is 6.04 Å². The van der Waals surface area contributed by atoms with Crippen molar-refractivity contribution in [2.24, 2.45) is 0 Å². The van der Waals surface area contributed by atoms with Crippen LogP contribution in [0.3, 0.4) is 0 Å². The zero-order valence-corrected chi connectivity index (χ0v) is 13.5. The molecule has 2 rings (SSSR count). The summed E-state index contributed by atoms with van der Waals surface area (Å²) in [4.78, 5) is 23.9. The summed E-state index contributed by atoms with van der Waals surface area (Å²) >= 11 is 0. The number of hydrogen-bond acceptors (Lipinski definition) is 4. The van der Waals surface area contributed by atoms with Crippen LogP contribution < -0.4 is 16.0 Å². The third-order valence-electron chi connectivity index (χ3n) is 3.41. The summed E-state index contributed by atoms with van der Waals surface area (Å²) in [5.74, 6) is -0.404. The summed E-state index contributed by atoms with van der Waals surface area (Å²) in [6.07, 6.45) is 0. The molecule has 0 unspecified atom stereocenters. The van der Waals surface area contributed by atoms with Gasteiger partial charge < -0.3 is 16.0 Å². The Morgan fingerprint density at radius 3 is 2.42 bits per heavy atom. The summed E-state index contributed by atoms with van der Waals surface area (Å²) in [6, 6.07) is 15.1. The first-order chi connectivity index (χ1) is 11.5. The lowest BCUT2D eigenvalue weighted by Gasteiger charge is -2.16. The van der Waals surface area contributed by atoms with Crippen LogP contribution in [0.1, 0.15) is 22.8 Å². The van der Waals surface area contributed by atoms with E-state index in [9.17, 15) is 9.59 Å². The van der Waals surface area contributed by atoms with Gasteiger partial charge in [-0.1, -0.05) is 6.07 Å². The monoisotopic (exact) mass is 322 g/mol. The van der Waals surface area contributed by atoms with Gasteiger partial charge in [0, 0.05) is 24.0 Å². The van der Waals surface area contributed by atoms with Gasteiger partial charge in [0.2, 0.25) is 5.91 Å². The molecule has 0 saturated carbocycles. The predicted molar refractivity (Wildman–Crippen MR) is 92.7 cm³/mol. The van der Waals surface area contributed by atoms with E-state index in [1.807, 2.05) is 6.07 Å². The molecule has 122 valence electrons. The molecule has 1 atom stereocenters. The zero-order valence-electron chi connectivity index (χ0n) is 13.5. The first-order valence-electron chi connectivity index (χ1n) is 7.43. The minimum Gasteiger partial charge on any atom is -0.374 e. The number of carbonyl (C=O) groups excluding carboxylic acids is 2. The summed E-state index contributed by atoms with van der Waals surface area (Å²) in [7, 11) is 1.57. The first-order valence-corrected chi connectivity index (χ1v) is 7.43. The highest BCUT2D eigenvalue weighted by Crippen LogP contribution is 2.13. The van der Waals surface area contributed by atoms with E-state index in [1.54, 1.807) is 62.5 Å². The normalized spacial score (nSPS) is 11.0. The van der Waals surface area contributed by atoms with Gasteiger partial charge in [-0.25, -0.2) is 0 Å². The molecule has 24 heavy (non-hydrogen) atoms. The van der Waals surface area contributed by atoms with Crippen molar-refractivity contribution in [1.29, 1.82) is 5.26 Å². The standard InChI is InChI=1S/C18H18N4O2/c1-12(17(23)22-15-8-6-13(11-19)7-9-15)21-16-5-3-4-14(10-16)18(24)20-2/h3-10,12,21H,1-2H3,(H,20,24)(H,22,23)/t12-/m0/s1. The molecule has 0 radical (unpaired) electrons. The summed E-state index contributed by atoms with van der Waals surface area (Å²) in [6.45, 7) is 1.73. The van der Waals surface area contributed by atoms with Crippen LogP contribution in [0.15, 0.2) is 48.5 Å². The highest BCUT2D eigenvalue weighted by Gasteiger charge is 2.13. The molecule has 0 saturated heterocycles. The van der Waals surface area contributed by atoms with Crippen molar-refractivity contribution in [3.05, 3.63) is 59.7 Å². The lowest BCUT2D eigenvalue weighted by Crippen LogP contribution is -2.32. The van der Waals surface area contributed by atoms with Gasteiger partial charge >= 0.3 is 0 Å². The second-order valence-electron chi connectivity index (χ2n) is 5.20. The van der Waals surface area contributed by atoms with E-state index in [-0.39, 0.29) is 11.8 Å². The second-order valence-corrected chi connectivity index (χ2v) is 5.20. The second kappa shape index (κ2) is 7.79. The van der Waals surface area contributed by atoms with Crippen LogP contribution in [0.4, 0.5) is 11.4 Å². The predicted octanol–water partition coefficient (Wildman–Crippen LogP) is 2.36. The number of nitrogens with zero attached hydrogens (tertiary/aromatic N) is 1. The van der Waals surface area contributed by atoms with Gasteiger partial charge in [-0.05, 0) is 49.4 Å². The van der Waals surface area contributed by atoms with E-state index in [2.05, 4.69) is 16.0 Å². The van der Waals surface area contributed by atoms with Crippen LogP contribution in [-0.4, -0.2) is 24.9 Å². The Bertz CT molecular complexity index is 778. The van der Waals surface area contributed by atoms with Crippen molar-refractivity contribution < 1.29 is 9.59 Å². The molecule has 6 heteroatoms. The average molecular weight is 322 g/mol. The van der Waals surface area contributed by atoms with E-state index >= 15 is 0 Å². The third kappa shape index (κ3) is 4.34. The molecule has 0 aliphatic heterocycles. The molecule has 0 spiro atoms. The summed E-state index contributed by atoms with van der Waals surface area (Å²) in [5, 5.41) is 17.2. The molecule has 2 aromatic carbocycles. The molecule has 0 heterocycles. The van der Waals surface area contributed by atoms with Crippen LogP contribution in [0.25, 0.3) is 0 Å². The van der Waals surface area contributed by atoms with Crippen molar-refractivity contribution in [1.82, 2.24) is 5.32 Å². The van der Waals surface area contributed by atoms with Crippen molar-refractivity contribution in [2.45, 2.75) is 13.0 Å². The average Bonchev–Trinajstić information content (AvgIpc) is 2.61. The van der Waals surface area contributed by atoms with Crippen molar-refractivity contribution >= 4 is 23.2 Å². The number of rotatable bonds is 5. The van der Waals surface area contributed by atoms with Gasteiger partial charge in [0.05, 0.1) is 11.6 Å². The zero-order chi connectivity index (χ0) is 17.5. The Hall–Kier alpha value is -3.33. The quantitative estimate of drug-likeness (QED) is 0.787. The molecular formula is C18H18N4O2. The fraction of sp³-hybridized carbons (Fsp3) is 0.167. The highest BCUT2D eigenvalue weighted by atomic mass is 16.2. The lowest BCUT2D eigenvalue weighted by molar-refractivity contribution is -0.116. The van der Waals surface area contributed by atoms with Crippen molar-refractivity contribution in [2.75, 3.05) is 17.7 Å². The SMILES string of the molecule is CNC(=O)c1cccc(N[C@@H](C)C(=O)Nc2ccc(C#N)cc2)c1. The Balaban J connectivity index is 2.00. The minimum absolute atomic E-state index is 0.187. The maximum absolute atomic E-state index is 12.2. The number of hydrogen-bond donors (Lipinski definition) is 3. The number of nitrogens with one attached hydrogen (secondary N) is 3. The van der Waals surface area contributed by atoms with Crippen LogP contribution in [0, 0.1) is 11.3 Å².